The smallest absolute Gasteiger partial charge is 0.337 e. The molecule has 5 nitrogen and oxygen atoms in total. The Kier molecular flexibility index (Phi) is 4.25. The van der Waals surface area contributed by atoms with E-state index in [4.69, 9.17) is 9.47 Å². The number of benzene rings is 1. The highest BCUT2D eigenvalue weighted by Gasteiger charge is 2.44. The van der Waals surface area contributed by atoms with Crippen LogP contribution in [0.5, 0.6) is 0 Å². The zero-order valence-electron chi connectivity index (χ0n) is 15.0. The summed E-state index contributed by atoms with van der Waals surface area (Å²) in [5, 5.41) is 3.03. The minimum atomic E-state index is -0.959. The molecule has 1 aromatic carbocycles. The lowest BCUT2D eigenvalue weighted by Crippen LogP contribution is -2.32. The molecule has 1 N–H and O–H groups in total. The normalized spacial score (nSPS) is 27.0. The van der Waals surface area contributed by atoms with Crippen LogP contribution in [0.3, 0.4) is 0 Å². The number of alkyl halides is 1. The van der Waals surface area contributed by atoms with Gasteiger partial charge in [-0.3, -0.25) is 0 Å². The summed E-state index contributed by atoms with van der Waals surface area (Å²) < 4.78 is 38.3. The maximum atomic E-state index is 14.7. The highest BCUT2D eigenvalue weighted by atomic mass is 19.1. The standard InChI is InChI=1S/C20H19F2NO4/c1-9-15(19(24)26-2)17(18-14(23-9)8-27-20(18)25)12-4-3-5-13(22)16(12)10-6-11(21)7-10/h3-5,10-11,17,23H,6-8H2,1-2H3. The number of rotatable bonds is 3. The van der Waals surface area contributed by atoms with E-state index in [1.54, 1.807) is 13.0 Å². The van der Waals surface area contributed by atoms with Crippen molar-refractivity contribution in [2.24, 2.45) is 0 Å². The van der Waals surface area contributed by atoms with E-state index in [0.29, 0.717) is 22.5 Å². The average Bonchev–Trinajstić information content (AvgIpc) is 2.98. The van der Waals surface area contributed by atoms with E-state index in [0.717, 1.165) is 0 Å². The molecule has 0 amide bonds. The number of esters is 2. The maximum absolute atomic E-state index is 14.7. The third-order valence-corrected chi connectivity index (χ3v) is 5.50. The SMILES string of the molecule is COC(=O)C1=C(C)NC2=C(C(=O)OC2)C1c1cccc(F)c1C1CC(F)C1. The first kappa shape index (κ1) is 17.7. The van der Waals surface area contributed by atoms with Crippen LogP contribution in [0.25, 0.3) is 0 Å². The molecule has 1 aromatic rings. The largest absolute Gasteiger partial charge is 0.466 e. The number of carbonyl (C=O) groups excluding carboxylic acids is 2. The van der Waals surface area contributed by atoms with Crippen molar-refractivity contribution in [3.05, 3.63) is 57.7 Å². The van der Waals surface area contributed by atoms with Crippen LogP contribution in [-0.4, -0.2) is 31.8 Å². The van der Waals surface area contributed by atoms with Gasteiger partial charge in [0.25, 0.3) is 0 Å². The summed E-state index contributed by atoms with van der Waals surface area (Å²) in [6.45, 7) is 1.77. The van der Waals surface area contributed by atoms with Gasteiger partial charge in [0.15, 0.2) is 0 Å². The van der Waals surface area contributed by atoms with Crippen molar-refractivity contribution < 1.29 is 27.8 Å². The van der Waals surface area contributed by atoms with Crippen molar-refractivity contribution in [2.75, 3.05) is 13.7 Å². The molecule has 1 aliphatic carbocycles. The molecule has 0 radical (unpaired) electrons. The molecular formula is C20H19F2NO4. The number of dihydropyridines is 1. The Hall–Kier alpha value is -2.70. The Labute approximate surface area is 155 Å². The lowest BCUT2D eigenvalue weighted by atomic mass is 9.71. The number of methoxy groups -OCH3 is 1. The summed E-state index contributed by atoms with van der Waals surface area (Å²) in [5.74, 6) is -2.72. The summed E-state index contributed by atoms with van der Waals surface area (Å²) >= 11 is 0. The Balaban J connectivity index is 1.91. The molecule has 0 spiro atoms. The minimum absolute atomic E-state index is 0.0666. The van der Waals surface area contributed by atoms with Crippen LogP contribution in [-0.2, 0) is 19.1 Å². The number of nitrogens with one attached hydrogen (secondary N) is 1. The van der Waals surface area contributed by atoms with Gasteiger partial charge in [-0.15, -0.1) is 0 Å². The van der Waals surface area contributed by atoms with E-state index in [2.05, 4.69) is 5.32 Å². The van der Waals surface area contributed by atoms with Gasteiger partial charge in [-0.2, -0.15) is 0 Å². The predicted molar refractivity (Wildman–Crippen MR) is 91.8 cm³/mol. The molecule has 1 fully saturated rings. The van der Waals surface area contributed by atoms with Gasteiger partial charge in [0.1, 0.15) is 18.6 Å². The summed E-state index contributed by atoms with van der Waals surface area (Å²) in [5.41, 5.74) is 2.44. The number of halogens is 2. The van der Waals surface area contributed by atoms with Gasteiger partial charge in [-0.1, -0.05) is 12.1 Å². The Morgan fingerprint density at radius 3 is 2.74 bits per heavy atom. The molecule has 4 rings (SSSR count). The van der Waals surface area contributed by atoms with E-state index in [1.165, 1.54) is 19.2 Å². The van der Waals surface area contributed by atoms with Crippen molar-refractivity contribution >= 4 is 11.9 Å². The third-order valence-electron chi connectivity index (χ3n) is 5.50. The van der Waals surface area contributed by atoms with Crippen LogP contribution < -0.4 is 5.32 Å². The van der Waals surface area contributed by atoms with Gasteiger partial charge < -0.3 is 14.8 Å². The molecule has 142 valence electrons. The zero-order chi connectivity index (χ0) is 19.3. The molecule has 1 saturated carbocycles. The number of ether oxygens (including phenoxy) is 2. The number of cyclic esters (lactones) is 1. The van der Waals surface area contributed by atoms with Gasteiger partial charge in [0.2, 0.25) is 0 Å². The molecule has 2 aliphatic heterocycles. The van der Waals surface area contributed by atoms with Crippen molar-refractivity contribution in [1.29, 1.82) is 0 Å². The van der Waals surface area contributed by atoms with Crippen molar-refractivity contribution in [2.45, 2.75) is 37.8 Å². The molecule has 0 aromatic heterocycles. The average molecular weight is 375 g/mol. The quantitative estimate of drug-likeness (QED) is 0.823. The molecule has 27 heavy (non-hydrogen) atoms. The maximum Gasteiger partial charge on any atom is 0.337 e. The first-order valence-corrected chi connectivity index (χ1v) is 8.81. The molecule has 0 bridgehead atoms. The molecular weight excluding hydrogens is 356 g/mol. The van der Waals surface area contributed by atoms with Crippen molar-refractivity contribution in [3.8, 4) is 0 Å². The first-order chi connectivity index (χ1) is 12.9. The van der Waals surface area contributed by atoms with Crippen LogP contribution in [0.4, 0.5) is 8.78 Å². The highest BCUT2D eigenvalue weighted by Crippen LogP contribution is 2.48. The van der Waals surface area contributed by atoms with Crippen molar-refractivity contribution in [3.63, 3.8) is 0 Å². The lowest BCUT2D eigenvalue weighted by Gasteiger charge is -2.35. The zero-order valence-corrected chi connectivity index (χ0v) is 15.0. The monoisotopic (exact) mass is 375 g/mol. The predicted octanol–water partition coefficient (Wildman–Crippen LogP) is 2.99. The summed E-state index contributed by atoms with van der Waals surface area (Å²) in [7, 11) is 1.25. The molecule has 1 atom stereocenters. The van der Waals surface area contributed by atoms with Gasteiger partial charge in [0.05, 0.1) is 29.9 Å². The number of allylic oxidation sites excluding steroid dienone is 1. The number of hydrogen-bond donors (Lipinski definition) is 1. The Morgan fingerprint density at radius 1 is 1.33 bits per heavy atom. The third kappa shape index (κ3) is 2.72. The number of hydrogen-bond acceptors (Lipinski definition) is 5. The Bertz CT molecular complexity index is 899. The highest BCUT2D eigenvalue weighted by molar-refractivity contribution is 6.01. The molecule has 0 saturated heterocycles. The van der Waals surface area contributed by atoms with Gasteiger partial charge in [-0.25, -0.2) is 18.4 Å². The fourth-order valence-corrected chi connectivity index (χ4v) is 4.18. The van der Waals surface area contributed by atoms with Crippen LogP contribution in [0.15, 0.2) is 40.7 Å². The second-order valence-electron chi connectivity index (χ2n) is 7.06. The van der Waals surface area contributed by atoms with E-state index < -0.39 is 29.8 Å². The van der Waals surface area contributed by atoms with E-state index in [1.807, 2.05) is 0 Å². The van der Waals surface area contributed by atoms with Gasteiger partial charge >= 0.3 is 11.9 Å². The van der Waals surface area contributed by atoms with Crippen LogP contribution in [0, 0.1) is 5.82 Å². The second-order valence-corrected chi connectivity index (χ2v) is 7.06. The topological polar surface area (TPSA) is 64.6 Å². The van der Waals surface area contributed by atoms with E-state index >= 15 is 0 Å². The van der Waals surface area contributed by atoms with E-state index in [-0.39, 0.29) is 36.5 Å². The van der Waals surface area contributed by atoms with Gasteiger partial charge in [0, 0.05) is 5.70 Å². The van der Waals surface area contributed by atoms with E-state index in [9.17, 15) is 18.4 Å². The first-order valence-electron chi connectivity index (χ1n) is 8.81. The molecule has 3 aliphatic rings. The molecule has 7 heteroatoms. The second kappa shape index (κ2) is 6.48. The minimum Gasteiger partial charge on any atom is -0.466 e. The molecule has 2 heterocycles. The van der Waals surface area contributed by atoms with Gasteiger partial charge in [-0.05, 0) is 42.9 Å². The van der Waals surface area contributed by atoms with Crippen LogP contribution >= 0.6 is 0 Å². The number of carbonyl (C=O) groups is 2. The fraction of sp³-hybridized carbons (Fsp3) is 0.400. The van der Waals surface area contributed by atoms with Crippen molar-refractivity contribution in [1.82, 2.24) is 5.32 Å². The summed E-state index contributed by atoms with van der Waals surface area (Å²) in [4.78, 5) is 24.9. The molecule has 1 unspecified atom stereocenters. The Morgan fingerprint density at radius 2 is 2.07 bits per heavy atom. The fourth-order valence-electron chi connectivity index (χ4n) is 4.18. The summed E-state index contributed by atoms with van der Waals surface area (Å²) in [6.07, 6.45) is -0.504. The lowest BCUT2D eigenvalue weighted by molar-refractivity contribution is -0.136. The summed E-state index contributed by atoms with van der Waals surface area (Å²) in [6, 6.07) is 4.54. The van der Waals surface area contributed by atoms with Crippen LogP contribution in [0.2, 0.25) is 0 Å². The van der Waals surface area contributed by atoms with Crippen LogP contribution in [0.1, 0.15) is 42.7 Å².